The molecule has 0 aliphatic rings. The highest BCUT2D eigenvalue weighted by Crippen LogP contribution is 2.46. The smallest absolute Gasteiger partial charge is 0.309 e. The first-order valence-electron chi connectivity index (χ1n) is 5.09. The Morgan fingerprint density at radius 3 is 1.88 bits per heavy atom. The Balaban J connectivity index is 5.01. The summed E-state index contributed by atoms with van der Waals surface area (Å²) in [5.41, 5.74) is 0. The van der Waals surface area contributed by atoms with Gasteiger partial charge >= 0.3 is 11.9 Å². The molecule has 0 aliphatic carbocycles. The zero-order chi connectivity index (χ0) is 12.9. The molecule has 0 saturated heterocycles. The first-order valence-corrected chi connectivity index (χ1v) is 6.68. The van der Waals surface area contributed by atoms with Crippen LogP contribution in [0.2, 0.25) is 0 Å². The van der Waals surface area contributed by atoms with Crippen molar-refractivity contribution in [2.24, 2.45) is 11.8 Å². The van der Waals surface area contributed by atoms with E-state index < -0.39 is 27.5 Å². The van der Waals surface area contributed by atoms with Gasteiger partial charge in [-0.15, -0.1) is 0 Å². The van der Waals surface area contributed by atoms with E-state index in [1.165, 1.54) is 0 Å². The molecule has 0 aromatic rings. The van der Waals surface area contributed by atoms with Crippen molar-refractivity contribution in [1.29, 1.82) is 0 Å². The highest BCUT2D eigenvalue weighted by molar-refractivity contribution is 9.25. The fourth-order valence-corrected chi connectivity index (χ4v) is 3.69. The molecule has 6 heteroatoms. The number of hydrogen-bond donors (Lipinski definition) is 2. The van der Waals surface area contributed by atoms with Gasteiger partial charge in [0.2, 0.25) is 0 Å². The lowest BCUT2D eigenvalue weighted by molar-refractivity contribution is -0.148. The molecule has 0 aromatic carbocycles. The van der Waals surface area contributed by atoms with Crippen LogP contribution in [0.3, 0.4) is 0 Å². The van der Waals surface area contributed by atoms with Gasteiger partial charge in [0.25, 0.3) is 0 Å². The van der Waals surface area contributed by atoms with E-state index in [0.717, 1.165) is 12.8 Å². The first kappa shape index (κ1) is 15.9. The second kappa shape index (κ2) is 6.59. The van der Waals surface area contributed by atoms with Crippen LogP contribution in [-0.4, -0.2) is 25.4 Å². The molecule has 0 amide bonds. The predicted octanol–water partition coefficient (Wildman–Crippen LogP) is 3.08. The van der Waals surface area contributed by atoms with Gasteiger partial charge in [0, 0.05) is 0 Å². The maximum atomic E-state index is 11.1. The minimum Gasteiger partial charge on any atom is -0.481 e. The zero-order valence-electron chi connectivity index (χ0n) is 9.24. The van der Waals surface area contributed by atoms with Crippen LogP contribution in [0.4, 0.5) is 0 Å². The minimum atomic E-state index is -1.11. The molecule has 0 fully saturated rings. The fraction of sp³-hybridized carbons (Fsp3) is 0.800. The van der Waals surface area contributed by atoms with E-state index in [1.807, 2.05) is 13.8 Å². The molecule has 0 spiro atoms. The lowest BCUT2D eigenvalue weighted by Crippen LogP contribution is -2.39. The largest absolute Gasteiger partial charge is 0.481 e. The topological polar surface area (TPSA) is 74.6 Å². The Labute approximate surface area is 112 Å². The summed E-state index contributed by atoms with van der Waals surface area (Å²) < 4.78 is -0.867. The highest BCUT2D eigenvalue weighted by atomic mass is 79.9. The number of rotatable bonds is 7. The Kier molecular flexibility index (Phi) is 6.55. The summed E-state index contributed by atoms with van der Waals surface area (Å²) in [4.78, 5) is 21.7. The maximum Gasteiger partial charge on any atom is 0.309 e. The summed E-state index contributed by atoms with van der Waals surface area (Å²) in [6.07, 6.45) is 1.15. The second-order valence-corrected chi connectivity index (χ2v) is 7.37. The molecule has 0 rings (SSSR count). The molecule has 94 valence electrons. The van der Waals surface area contributed by atoms with Gasteiger partial charge in [-0.1, -0.05) is 58.5 Å². The minimum absolute atomic E-state index is 0.0629. The lowest BCUT2D eigenvalue weighted by atomic mass is 9.88. The van der Waals surface area contributed by atoms with E-state index in [9.17, 15) is 9.59 Å². The molecule has 0 bridgehead atoms. The van der Waals surface area contributed by atoms with Crippen molar-refractivity contribution in [3.8, 4) is 0 Å². The molecular formula is C10H16Br2O4. The second-order valence-electron chi connectivity index (χ2n) is 3.68. The molecule has 16 heavy (non-hydrogen) atoms. The van der Waals surface area contributed by atoms with Crippen molar-refractivity contribution < 1.29 is 19.8 Å². The maximum absolute atomic E-state index is 11.1. The number of aliphatic carboxylic acids is 2. The van der Waals surface area contributed by atoms with Crippen LogP contribution < -0.4 is 0 Å². The predicted molar refractivity (Wildman–Crippen MR) is 68.0 cm³/mol. The van der Waals surface area contributed by atoms with Gasteiger partial charge in [-0.3, -0.25) is 9.59 Å². The van der Waals surface area contributed by atoms with E-state index in [4.69, 9.17) is 10.2 Å². The van der Waals surface area contributed by atoms with E-state index in [2.05, 4.69) is 31.9 Å². The van der Waals surface area contributed by atoms with Crippen LogP contribution in [0, 0.1) is 11.8 Å². The van der Waals surface area contributed by atoms with Gasteiger partial charge in [0.05, 0.1) is 15.6 Å². The Hall–Kier alpha value is -0.100. The van der Waals surface area contributed by atoms with Gasteiger partial charge in [0.15, 0.2) is 0 Å². The van der Waals surface area contributed by atoms with Gasteiger partial charge in [-0.05, 0) is 5.92 Å². The number of halogens is 2. The van der Waals surface area contributed by atoms with Crippen molar-refractivity contribution in [3.05, 3.63) is 0 Å². The van der Waals surface area contributed by atoms with Crippen LogP contribution in [0.25, 0.3) is 0 Å². The van der Waals surface area contributed by atoms with Gasteiger partial charge in [-0.2, -0.15) is 0 Å². The summed E-state index contributed by atoms with van der Waals surface area (Å²) in [5.74, 6) is -3.15. The van der Waals surface area contributed by atoms with E-state index in [-0.39, 0.29) is 5.92 Å². The normalized spacial score (nSPS) is 13.8. The van der Waals surface area contributed by atoms with Crippen molar-refractivity contribution in [2.45, 2.75) is 36.3 Å². The third-order valence-corrected chi connectivity index (χ3v) is 5.07. The van der Waals surface area contributed by atoms with Crippen molar-refractivity contribution in [3.63, 3.8) is 0 Å². The van der Waals surface area contributed by atoms with Gasteiger partial charge in [0.1, 0.15) is 0 Å². The molecule has 2 N–H and O–H groups in total. The molecule has 0 aliphatic heterocycles. The number of carboxylic acid groups (broad SMARTS) is 2. The number of alkyl halides is 2. The molecule has 1 atom stereocenters. The quantitative estimate of drug-likeness (QED) is 0.685. The highest BCUT2D eigenvalue weighted by Gasteiger charge is 2.44. The SMILES string of the molecule is CCC(CC)C(Br)(Br)C(CC(=O)O)C(=O)O. The lowest BCUT2D eigenvalue weighted by Gasteiger charge is -2.33. The summed E-state index contributed by atoms with van der Waals surface area (Å²) in [7, 11) is 0. The van der Waals surface area contributed by atoms with E-state index >= 15 is 0 Å². The fourth-order valence-electron chi connectivity index (χ4n) is 1.68. The van der Waals surface area contributed by atoms with Crippen molar-refractivity contribution >= 4 is 43.8 Å². The summed E-state index contributed by atoms with van der Waals surface area (Å²) in [6.45, 7) is 3.90. The van der Waals surface area contributed by atoms with Gasteiger partial charge in [-0.25, -0.2) is 0 Å². The van der Waals surface area contributed by atoms with Crippen molar-refractivity contribution in [1.82, 2.24) is 0 Å². The number of carbonyl (C=O) groups is 2. The molecule has 0 aromatic heterocycles. The van der Waals surface area contributed by atoms with Crippen LogP contribution in [-0.2, 0) is 9.59 Å². The average molecular weight is 360 g/mol. The molecule has 0 heterocycles. The van der Waals surface area contributed by atoms with Crippen LogP contribution in [0.5, 0.6) is 0 Å². The number of hydrogen-bond acceptors (Lipinski definition) is 2. The van der Waals surface area contributed by atoms with Crippen LogP contribution in [0.15, 0.2) is 0 Å². The Bertz CT molecular complexity index is 262. The number of carboxylic acids is 2. The molecule has 0 saturated carbocycles. The molecule has 0 radical (unpaired) electrons. The van der Waals surface area contributed by atoms with Gasteiger partial charge < -0.3 is 10.2 Å². The standard InChI is InChI=1S/C10H16Br2O4/c1-3-6(4-2)10(11,12)7(9(15)16)5-8(13)14/h6-7H,3-5H2,1-2H3,(H,13,14)(H,15,16). The summed E-state index contributed by atoms with van der Waals surface area (Å²) in [5, 5.41) is 17.8. The van der Waals surface area contributed by atoms with E-state index in [0.29, 0.717) is 0 Å². The summed E-state index contributed by atoms with van der Waals surface area (Å²) >= 11 is 6.67. The monoisotopic (exact) mass is 358 g/mol. The molecule has 1 unspecified atom stereocenters. The third kappa shape index (κ3) is 4.05. The Morgan fingerprint density at radius 1 is 1.19 bits per heavy atom. The van der Waals surface area contributed by atoms with Crippen molar-refractivity contribution in [2.75, 3.05) is 0 Å². The van der Waals surface area contributed by atoms with Crippen LogP contribution >= 0.6 is 31.9 Å². The average Bonchev–Trinajstić information content (AvgIpc) is 2.14. The Morgan fingerprint density at radius 2 is 1.62 bits per heavy atom. The first-order chi connectivity index (χ1) is 7.27. The summed E-state index contributed by atoms with van der Waals surface area (Å²) in [6, 6.07) is 0. The van der Waals surface area contributed by atoms with E-state index in [1.54, 1.807) is 0 Å². The molecular weight excluding hydrogens is 344 g/mol. The molecule has 4 nitrogen and oxygen atoms in total. The van der Waals surface area contributed by atoms with Crippen LogP contribution in [0.1, 0.15) is 33.1 Å². The third-order valence-electron chi connectivity index (χ3n) is 2.67. The zero-order valence-corrected chi connectivity index (χ0v) is 12.4.